The van der Waals surface area contributed by atoms with Gasteiger partial charge in [-0.2, -0.15) is 0 Å². The van der Waals surface area contributed by atoms with Gasteiger partial charge in [0.05, 0.1) is 18.4 Å². The van der Waals surface area contributed by atoms with Gasteiger partial charge in [-0.1, -0.05) is 6.92 Å². The molecule has 0 N–H and O–H groups in total. The molecule has 0 bridgehead atoms. The molecule has 5 nitrogen and oxygen atoms in total. The molecular formula is C15H23F2NO4. The molecule has 1 rings (SSSR count). The van der Waals surface area contributed by atoms with E-state index in [9.17, 15) is 23.2 Å². The van der Waals surface area contributed by atoms with Gasteiger partial charge in [0.15, 0.2) is 0 Å². The smallest absolute Gasteiger partial charge is 0.410 e. The number of hydrogen-bond acceptors (Lipinski definition) is 4. The molecule has 1 saturated heterocycles. The average Bonchev–Trinajstić information content (AvgIpc) is 2.22. The molecule has 0 saturated carbocycles. The van der Waals surface area contributed by atoms with Gasteiger partial charge in [0.1, 0.15) is 17.2 Å². The first-order valence-corrected chi connectivity index (χ1v) is 7.13. The fourth-order valence-corrected chi connectivity index (χ4v) is 2.52. The van der Waals surface area contributed by atoms with Crippen molar-refractivity contribution in [3.63, 3.8) is 0 Å². The Morgan fingerprint density at radius 1 is 1.18 bits per heavy atom. The maximum atomic E-state index is 14.0. The zero-order valence-corrected chi connectivity index (χ0v) is 13.7. The second-order valence-corrected chi connectivity index (χ2v) is 7.23. The summed E-state index contributed by atoms with van der Waals surface area (Å²) in [7, 11) is 0. The number of ketones is 2. The topological polar surface area (TPSA) is 63.7 Å². The minimum atomic E-state index is -3.20. The van der Waals surface area contributed by atoms with Gasteiger partial charge in [-0.25, -0.2) is 13.6 Å². The highest BCUT2D eigenvalue weighted by atomic mass is 19.3. The number of likely N-dealkylation sites (tertiary alicyclic amines) is 1. The average molecular weight is 319 g/mol. The van der Waals surface area contributed by atoms with Crippen LogP contribution in [0.15, 0.2) is 0 Å². The first kappa shape index (κ1) is 18.5. The van der Waals surface area contributed by atoms with Crippen molar-refractivity contribution in [2.45, 2.75) is 59.0 Å². The molecule has 0 spiro atoms. The van der Waals surface area contributed by atoms with E-state index in [4.69, 9.17) is 4.74 Å². The summed E-state index contributed by atoms with van der Waals surface area (Å²) in [5.41, 5.74) is -2.27. The van der Waals surface area contributed by atoms with E-state index >= 15 is 0 Å². The highest BCUT2D eigenvalue weighted by molar-refractivity contribution is 6.01. The molecule has 1 unspecified atom stereocenters. The Bertz CT molecular complexity index is 484. The van der Waals surface area contributed by atoms with Crippen LogP contribution in [0.25, 0.3) is 0 Å². The minimum absolute atomic E-state index is 0.177. The second-order valence-electron chi connectivity index (χ2n) is 7.23. The number of amides is 1. The Kier molecular flexibility index (Phi) is 4.99. The third-order valence-corrected chi connectivity index (χ3v) is 3.35. The van der Waals surface area contributed by atoms with E-state index in [0.717, 1.165) is 4.90 Å². The summed E-state index contributed by atoms with van der Waals surface area (Å²) in [6.07, 6.45) is -1.96. The van der Waals surface area contributed by atoms with Gasteiger partial charge in [0.25, 0.3) is 5.92 Å². The lowest BCUT2D eigenvalue weighted by Crippen LogP contribution is -2.57. The molecule has 0 aromatic carbocycles. The van der Waals surface area contributed by atoms with Gasteiger partial charge < -0.3 is 9.64 Å². The number of rotatable bonds is 3. The first-order chi connectivity index (χ1) is 9.74. The molecule has 0 radical (unpaired) electrons. The number of Topliss-reactive ketones (excluding diaryl/α,β-unsaturated/α-hetero) is 2. The number of halogens is 2. The molecule has 1 atom stereocenters. The summed E-state index contributed by atoms with van der Waals surface area (Å²) in [6, 6.07) is 0. The van der Waals surface area contributed by atoms with Crippen LogP contribution in [-0.4, -0.2) is 47.2 Å². The Hall–Kier alpha value is -1.53. The van der Waals surface area contributed by atoms with Gasteiger partial charge >= 0.3 is 6.09 Å². The molecule has 1 amide bonds. The number of piperidine rings is 1. The number of hydrogen-bond donors (Lipinski definition) is 0. The lowest BCUT2D eigenvalue weighted by atomic mass is 9.75. The number of ether oxygens (including phenoxy) is 1. The summed E-state index contributed by atoms with van der Waals surface area (Å²) in [6.45, 7) is 6.53. The molecule has 0 aliphatic carbocycles. The molecule has 1 aliphatic rings. The molecule has 0 aromatic heterocycles. The van der Waals surface area contributed by atoms with Gasteiger partial charge in [-0.05, 0) is 27.7 Å². The summed E-state index contributed by atoms with van der Waals surface area (Å²) in [4.78, 5) is 36.1. The van der Waals surface area contributed by atoms with Gasteiger partial charge in [-0.3, -0.25) is 9.59 Å². The summed E-state index contributed by atoms with van der Waals surface area (Å²) >= 11 is 0. The van der Waals surface area contributed by atoms with Crippen LogP contribution in [-0.2, 0) is 14.3 Å². The van der Waals surface area contributed by atoms with Crippen molar-refractivity contribution in [3.8, 4) is 0 Å². The third-order valence-electron chi connectivity index (χ3n) is 3.35. The van der Waals surface area contributed by atoms with Crippen molar-refractivity contribution in [1.29, 1.82) is 0 Å². The maximum absolute atomic E-state index is 14.0. The molecule has 7 heteroatoms. The van der Waals surface area contributed by atoms with Crippen LogP contribution >= 0.6 is 0 Å². The second kappa shape index (κ2) is 5.93. The van der Waals surface area contributed by atoms with Crippen molar-refractivity contribution in [2.24, 2.45) is 5.41 Å². The molecular weight excluding hydrogens is 296 g/mol. The lowest BCUT2D eigenvalue weighted by Gasteiger charge is -2.43. The summed E-state index contributed by atoms with van der Waals surface area (Å²) in [5.74, 6) is -4.16. The SMILES string of the molecule is CC(=O)CC(=O)C1(C)CN(C(=O)OC(C)(C)C)CC(F)(F)C1. The standard InChI is InChI=1S/C15H23F2NO4/c1-10(19)6-11(20)14(5)7-15(16,17)9-18(8-14)12(21)22-13(2,3)4/h6-9H2,1-5H3. The van der Waals surface area contributed by atoms with E-state index in [0.29, 0.717) is 0 Å². The molecule has 22 heavy (non-hydrogen) atoms. The van der Waals surface area contributed by atoms with E-state index in [1.54, 1.807) is 20.8 Å². The van der Waals surface area contributed by atoms with E-state index in [2.05, 4.69) is 0 Å². The number of carbonyl (C=O) groups is 3. The summed E-state index contributed by atoms with van der Waals surface area (Å²) in [5, 5.41) is 0. The predicted molar refractivity (Wildman–Crippen MR) is 75.8 cm³/mol. The fourth-order valence-electron chi connectivity index (χ4n) is 2.52. The summed E-state index contributed by atoms with van der Waals surface area (Å²) < 4.78 is 33.0. The molecule has 126 valence electrons. The van der Waals surface area contributed by atoms with Crippen LogP contribution in [0.2, 0.25) is 0 Å². The zero-order valence-electron chi connectivity index (χ0n) is 13.7. The quantitative estimate of drug-likeness (QED) is 0.750. The molecule has 1 heterocycles. The van der Waals surface area contributed by atoms with E-state index < -0.39 is 48.2 Å². The van der Waals surface area contributed by atoms with Gasteiger partial charge in [0.2, 0.25) is 0 Å². The monoisotopic (exact) mass is 319 g/mol. The lowest BCUT2D eigenvalue weighted by molar-refractivity contribution is -0.148. The Morgan fingerprint density at radius 2 is 1.73 bits per heavy atom. The Balaban J connectivity index is 2.97. The van der Waals surface area contributed by atoms with Crippen LogP contribution in [0, 0.1) is 5.41 Å². The van der Waals surface area contributed by atoms with Crippen molar-refractivity contribution in [1.82, 2.24) is 4.90 Å². The highest BCUT2D eigenvalue weighted by Crippen LogP contribution is 2.40. The van der Waals surface area contributed by atoms with Crippen molar-refractivity contribution >= 4 is 17.7 Å². The van der Waals surface area contributed by atoms with Crippen LogP contribution in [0.3, 0.4) is 0 Å². The van der Waals surface area contributed by atoms with Crippen LogP contribution in [0.4, 0.5) is 13.6 Å². The maximum Gasteiger partial charge on any atom is 0.410 e. The highest BCUT2D eigenvalue weighted by Gasteiger charge is 2.51. The third kappa shape index (κ3) is 5.03. The Labute approximate surface area is 129 Å². The number of carbonyl (C=O) groups excluding carboxylic acids is 3. The fraction of sp³-hybridized carbons (Fsp3) is 0.800. The number of alkyl halides is 2. The normalized spacial score (nSPS) is 24.8. The van der Waals surface area contributed by atoms with Crippen LogP contribution < -0.4 is 0 Å². The van der Waals surface area contributed by atoms with E-state index in [-0.39, 0.29) is 12.3 Å². The minimum Gasteiger partial charge on any atom is -0.444 e. The van der Waals surface area contributed by atoms with Gasteiger partial charge in [0, 0.05) is 13.0 Å². The number of nitrogens with zero attached hydrogens (tertiary/aromatic N) is 1. The van der Waals surface area contributed by atoms with Crippen molar-refractivity contribution < 1.29 is 27.9 Å². The zero-order chi connectivity index (χ0) is 17.3. The molecule has 0 aromatic rings. The van der Waals surface area contributed by atoms with Gasteiger partial charge in [-0.15, -0.1) is 0 Å². The first-order valence-electron chi connectivity index (χ1n) is 7.13. The van der Waals surface area contributed by atoms with Crippen LogP contribution in [0.1, 0.15) is 47.5 Å². The predicted octanol–water partition coefficient (Wildman–Crippen LogP) is 2.82. The van der Waals surface area contributed by atoms with E-state index in [1.165, 1.54) is 13.8 Å². The van der Waals surface area contributed by atoms with Crippen LogP contribution in [0.5, 0.6) is 0 Å². The van der Waals surface area contributed by atoms with Crippen molar-refractivity contribution in [2.75, 3.05) is 13.1 Å². The van der Waals surface area contributed by atoms with Crippen molar-refractivity contribution in [3.05, 3.63) is 0 Å². The largest absolute Gasteiger partial charge is 0.444 e. The Morgan fingerprint density at radius 3 is 2.18 bits per heavy atom. The van der Waals surface area contributed by atoms with E-state index in [1.807, 2.05) is 0 Å². The molecule has 1 aliphatic heterocycles. The molecule has 1 fully saturated rings.